The van der Waals surface area contributed by atoms with E-state index in [0.29, 0.717) is 12.5 Å². The molecule has 2 atom stereocenters. The van der Waals surface area contributed by atoms with Gasteiger partial charge >= 0.3 is 5.97 Å². The average Bonchev–Trinajstić information content (AvgIpc) is 3.16. The normalized spacial score (nSPS) is 16.2. The molecule has 0 saturated heterocycles. The molecular weight excluding hydrogens is 402 g/mol. The highest BCUT2D eigenvalue weighted by molar-refractivity contribution is 5.85. The lowest BCUT2D eigenvalue weighted by Crippen LogP contribution is -2.45. The zero-order chi connectivity index (χ0) is 23.1. The summed E-state index contributed by atoms with van der Waals surface area (Å²) >= 11 is 0. The van der Waals surface area contributed by atoms with Crippen molar-refractivity contribution in [3.05, 3.63) is 76.9 Å². The van der Waals surface area contributed by atoms with Crippen LogP contribution in [0.25, 0.3) is 6.08 Å². The maximum Gasteiger partial charge on any atom is 0.328 e. The molecule has 2 aromatic rings. The number of carbonyl (C=O) groups is 1. The first kappa shape index (κ1) is 24.2. The molecule has 0 heterocycles. The zero-order valence-corrected chi connectivity index (χ0v) is 19.3. The van der Waals surface area contributed by atoms with Gasteiger partial charge in [0, 0.05) is 18.2 Å². The number of aliphatic carboxylic acids is 1. The van der Waals surface area contributed by atoms with E-state index in [1.54, 1.807) is 6.08 Å². The summed E-state index contributed by atoms with van der Waals surface area (Å²) in [4.78, 5) is 10.8. The number of carboxylic acid groups (broad SMARTS) is 1. The SMILES string of the molecule is C[C@@H](OC[C@H](O)CNC(C)(C)CC1Cc2ccccc2C1)c1ccccc1C=CC(=O)O. The molecular formula is C27H35NO4. The second-order valence-electron chi connectivity index (χ2n) is 9.44. The smallest absolute Gasteiger partial charge is 0.328 e. The summed E-state index contributed by atoms with van der Waals surface area (Å²) in [5.74, 6) is -0.363. The zero-order valence-electron chi connectivity index (χ0n) is 19.3. The van der Waals surface area contributed by atoms with Crippen molar-refractivity contribution in [2.24, 2.45) is 5.92 Å². The Morgan fingerprint density at radius 2 is 1.78 bits per heavy atom. The number of β-amino-alcohol motifs (C(OH)–C–C–N with tert-alkyl or cyclic N) is 1. The third-order valence-electron chi connectivity index (χ3n) is 6.13. The van der Waals surface area contributed by atoms with E-state index in [2.05, 4.69) is 43.4 Å². The lowest BCUT2D eigenvalue weighted by molar-refractivity contribution is -0.131. The van der Waals surface area contributed by atoms with Crippen LogP contribution in [0.5, 0.6) is 0 Å². The molecule has 0 fully saturated rings. The van der Waals surface area contributed by atoms with E-state index in [1.165, 1.54) is 11.1 Å². The number of carboxylic acids is 1. The van der Waals surface area contributed by atoms with Crippen LogP contribution in [0.3, 0.4) is 0 Å². The van der Waals surface area contributed by atoms with Crippen molar-refractivity contribution in [3.8, 4) is 0 Å². The average molecular weight is 438 g/mol. The van der Waals surface area contributed by atoms with Crippen molar-refractivity contribution >= 4 is 12.0 Å². The fourth-order valence-corrected chi connectivity index (χ4v) is 4.58. The minimum atomic E-state index is -0.987. The van der Waals surface area contributed by atoms with Crippen LogP contribution in [0.4, 0.5) is 0 Å². The Kier molecular flexibility index (Phi) is 8.24. The van der Waals surface area contributed by atoms with Crippen molar-refractivity contribution in [2.75, 3.05) is 13.2 Å². The summed E-state index contributed by atoms with van der Waals surface area (Å²) in [7, 11) is 0. The molecule has 0 unspecified atom stereocenters. The van der Waals surface area contributed by atoms with Gasteiger partial charge in [-0.2, -0.15) is 0 Å². The fourth-order valence-electron chi connectivity index (χ4n) is 4.58. The van der Waals surface area contributed by atoms with Gasteiger partial charge in [0.2, 0.25) is 0 Å². The topological polar surface area (TPSA) is 78.8 Å². The second kappa shape index (κ2) is 10.9. The summed E-state index contributed by atoms with van der Waals surface area (Å²) in [5.41, 5.74) is 4.55. The Morgan fingerprint density at radius 1 is 1.16 bits per heavy atom. The van der Waals surface area contributed by atoms with Gasteiger partial charge in [0.15, 0.2) is 0 Å². The van der Waals surface area contributed by atoms with Gasteiger partial charge in [0.25, 0.3) is 0 Å². The maximum absolute atomic E-state index is 10.8. The van der Waals surface area contributed by atoms with Crippen molar-refractivity contribution in [1.29, 1.82) is 0 Å². The molecule has 0 aliphatic heterocycles. The molecule has 3 N–H and O–H groups in total. The first-order valence-corrected chi connectivity index (χ1v) is 11.3. The molecule has 3 rings (SSSR count). The predicted octanol–water partition coefficient (Wildman–Crippen LogP) is 4.40. The van der Waals surface area contributed by atoms with Crippen molar-refractivity contribution in [2.45, 2.75) is 57.8 Å². The number of hydrogen-bond acceptors (Lipinski definition) is 4. The Hall–Kier alpha value is -2.47. The van der Waals surface area contributed by atoms with E-state index in [4.69, 9.17) is 9.84 Å². The highest BCUT2D eigenvalue weighted by Gasteiger charge is 2.28. The van der Waals surface area contributed by atoms with E-state index in [0.717, 1.165) is 36.5 Å². The van der Waals surface area contributed by atoms with Crippen LogP contribution in [-0.2, 0) is 22.4 Å². The summed E-state index contributed by atoms with van der Waals surface area (Å²) < 4.78 is 5.91. The van der Waals surface area contributed by atoms with Crippen molar-refractivity contribution < 1.29 is 19.7 Å². The van der Waals surface area contributed by atoms with Gasteiger partial charge in [0.1, 0.15) is 0 Å². The maximum atomic E-state index is 10.8. The number of hydrogen-bond donors (Lipinski definition) is 3. The molecule has 2 aromatic carbocycles. The first-order chi connectivity index (χ1) is 15.2. The van der Waals surface area contributed by atoms with Crippen LogP contribution in [0.1, 0.15) is 55.5 Å². The molecule has 0 spiro atoms. The third kappa shape index (κ3) is 7.02. The Labute approximate surface area is 191 Å². The van der Waals surface area contributed by atoms with Crippen molar-refractivity contribution in [3.63, 3.8) is 0 Å². The molecule has 0 aromatic heterocycles. The van der Waals surface area contributed by atoms with Crippen molar-refractivity contribution in [1.82, 2.24) is 5.32 Å². The molecule has 0 saturated carbocycles. The lowest BCUT2D eigenvalue weighted by Gasteiger charge is -2.31. The molecule has 1 aliphatic rings. The van der Waals surface area contributed by atoms with E-state index in [1.807, 2.05) is 31.2 Å². The number of benzene rings is 2. The number of ether oxygens (including phenoxy) is 1. The van der Waals surface area contributed by atoms with Gasteiger partial charge in [-0.3, -0.25) is 0 Å². The minimum absolute atomic E-state index is 0.0759. The summed E-state index contributed by atoms with van der Waals surface area (Å²) in [5, 5.41) is 22.9. The van der Waals surface area contributed by atoms with Crippen LogP contribution >= 0.6 is 0 Å². The van der Waals surface area contributed by atoms with E-state index >= 15 is 0 Å². The number of rotatable bonds is 11. The molecule has 5 heteroatoms. The molecule has 5 nitrogen and oxygen atoms in total. The Morgan fingerprint density at radius 3 is 2.44 bits per heavy atom. The third-order valence-corrected chi connectivity index (χ3v) is 6.13. The van der Waals surface area contributed by atoms with Gasteiger partial charge in [-0.05, 0) is 74.3 Å². The summed E-state index contributed by atoms with van der Waals surface area (Å²) in [6.07, 6.45) is 5.10. The highest BCUT2D eigenvalue weighted by Crippen LogP contribution is 2.32. The van der Waals surface area contributed by atoms with Crippen LogP contribution in [0, 0.1) is 5.92 Å². The minimum Gasteiger partial charge on any atom is -0.478 e. The van der Waals surface area contributed by atoms with Gasteiger partial charge in [0.05, 0.1) is 18.8 Å². The lowest BCUT2D eigenvalue weighted by atomic mass is 9.88. The molecule has 0 bridgehead atoms. The number of fused-ring (bicyclic) bond motifs is 1. The summed E-state index contributed by atoms with van der Waals surface area (Å²) in [6, 6.07) is 16.2. The van der Waals surface area contributed by atoms with Gasteiger partial charge in [-0.1, -0.05) is 48.5 Å². The molecule has 32 heavy (non-hydrogen) atoms. The van der Waals surface area contributed by atoms with E-state index < -0.39 is 12.1 Å². The van der Waals surface area contributed by atoms with Gasteiger partial charge in [-0.15, -0.1) is 0 Å². The monoisotopic (exact) mass is 437 g/mol. The first-order valence-electron chi connectivity index (χ1n) is 11.3. The second-order valence-corrected chi connectivity index (χ2v) is 9.44. The van der Waals surface area contributed by atoms with Gasteiger partial charge < -0.3 is 20.3 Å². The quantitative estimate of drug-likeness (QED) is 0.454. The number of aliphatic hydroxyl groups excluding tert-OH is 1. The van der Waals surface area contributed by atoms with E-state index in [9.17, 15) is 9.90 Å². The largest absolute Gasteiger partial charge is 0.478 e. The van der Waals surface area contributed by atoms with Crippen LogP contribution in [-0.4, -0.2) is 41.0 Å². The molecule has 172 valence electrons. The molecule has 1 aliphatic carbocycles. The van der Waals surface area contributed by atoms with Crippen LogP contribution in [0.2, 0.25) is 0 Å². The standard InChI is InChI=1S/C27H35NO4/c1-19(25-11-7-6-8-21(25)12-13-26(30)31)32-18-24(29)17-28-27(2,3)16-20-14-22-9-4-5-10-23(22)15-20/h4-13,19-20,24,28-29H,14-18H2,1-3H3,(H,30,31)/t19-,24-/m1/s1. The van der Waals surface area contributed by atoms with Gasteiger partial charge in [-0.25, -0.2) is 4.79 Å². The predicted molar refractivity (Wildman–Crippen MR) is 128 cm³/mol. The molecule has 0 amide bonds. The Bertz CT molecular complexity index is 912. The Balaban J connectivity index is 1.45. The molecule has 0 radical (unpaired) electrons. The van der Waals surface area contributed by atoms with Crippen LogP contribution in [0.15, 0.2) is 54.6 Å². The fraction of sp³-hybridized carbons (Fsp3) is 0.444. The number of aliphatic hydroxyl groups is 1. The van der Waals surface area contributed by atoms with Crippen LogP contribution < -0.4 is 5.32 Å². The highest BCUT2D eigenvalue weighted by atomic mass is 16.5. The van der Waals surface area contributed by atoms with E-state index in [-0.39, 0.29) is 18.2 Å². The summed E-state index contributed by atoms with van der Waals surface area (Å²) in [6.45, 7) is 6.96. The number of nitrogens with one attached hydrogen (secondary N) is 1.